The molecule has 0 bridgehead atoms. The minimum absolute atomic E-state index is 0.849. The molecule has 2 nitrogen and oxygen atoms in total. The summed E-state index contributed by atoms with van der Waals surface area (Å²) in [7, 11) is 0. The molecule has 0 spiro atoms. The van der Waals surface area contributed by atoms with E-state index in [4.69, 9.17) is 5.73 Å². The van der Waals surface area contributed by atoms with E-state index in [0.29, 0.717) is 0 Å². The molecule has 0 saturated carbocycles. The molecule has 0 aromatic heterocycles. The van der Waals surface area contributed by atoms with E-state index in [1.807, 2.05) is 12.1 Å². The molecule has 5 rings (SSSR count). The van der Waals surface area contributed by atoms with E-state index >= 15 is 0 Å². The van der Waals surface area contributed by atoms with Crippen LogP contribution >= 0.6 is 0 Å². The third-order valence-corrected chi connectivity index (χ3v) is 6.89. The summed E-state index contributed by atoms with van der Waals surface area (Å²) < 4.78 is 0. The van der Waals surface area contributed by atoms with E-state index < -0.39 is 0 Å². The van der Waals surface area contributed by atoms with Crippen LogP contribution in [0.2, 0.25) is 0 Å². The monoisotopic (exact) mass is 420 g/mol. The van der Waals surface area contributed by atoms with E-state index in [1.54, 1.807) is 5.57 Å². The lowest BCUT2D eigenvalue weighted by atomic mass is 9.86. The molecule has 1 aliphatic carbocycles. The van der Waals surface area contributed by atoms with E-state index in [-0.39, 0.29) is 0 Å². The van der Waals surface area contributed by atoms with E-state index in [0.717, 1.165) is 24.9 Å². The van der Waals surface area contributed by atoms with Gasteiger partial charge in [-0.25, -0.2) is 0 Å². The Morgan fingerprint density at radius 1 is 0.688 bits per heavy atom. The maximum Gasteiger partial charge on any atom is 0.0314 e. The lowest BCUT2D eigenvalue weighted by Gasteiger charge is -2.30. The van der Waals surface area contributed by atoms with Crippen molar-refractivity contribution in [3.05, 3.63) is 106 Å². The summed E-state index contributed by atoms with van der Waals surface area (Å²) in [5.74, 6) is 0. The number of nitrogen functional groups attached to an aromatic ring is 1. The van der Waals surface area contributed by atoms with Gasteiger partial charge in [-0.2, -0.15) is 0 Å². The molecule has 2 aliphatic rings. The van der Waals surface area contributed by atoms with Crippen LogP contribution in [0.25, 0.3) is 17.7 Å². The molecule has 3 aromatic carbocycles. The summed E-state index contributed by atoms with van der Waals surface area (Å²) in [6, 6.07) is 26.1. The zero-order chi connectivity index (χ0) is 21.8. The normalized spacial score (nSPS) is 15.9. The van der Waals surface area contributed by atoms with Crippen molar-refractivity contribution in [1.82, 2.24) is 4.90 Å². The minimum atomic E-state index is 0.849. The number of aryl methyl sites for hydroxylation is 1. The van der Waals surface area contributed by atoms with Crippen LogP contribution in [0.15, 0.2) is 78.4 Å². The average molecular weight is 421 g/mol. The van der Waals surface area contributed by atoms with Crippen molar-refractivity contribution in [2.45, 2.75) is 32.1 Å². The first kappa shape index (κ1) is 20.8. The first-order valence-corrected chi connectivity index (χ1v) is 11.9. The van der Waals surface area contributed by atoms with Gasteiger partial charge in [0.1, 0.15) is 0 Å². The van der Waals surface area contributed by atoms with Gasteiger partial charge in [0.2, 0.25) is 0 Å². The SMILES string of the molecule is Nc1ccc(CCCCN2CCC(=C3c4ccccc4C=Cc4ccccc43)CC2)cc1. The van der Waals surface area contributed by atoms with Gasteiger partial charge in [0.05, 0.1) is 0 Å². The largest absolute Gasteiger partial charge is 0.399 e. The number of rotatable bonds is 5. The van der Waals surface area contributed by atoms with Crippen LogP contribution in [0.1, 0.15) is 53.5 Å². The van der Waals surface area contributed by atoms with E-state index in [1.165, 1.54) is 65.9 Å². The van der Waals surface area contributed by atoms with Gasteiger partial charge in [0, 0.05) is 18.8 Å². The van der Waals surface area contributed by atoms with Crippen LogP contribution in [0, 0.1) is 0 Å². The molecule has 162 valence electrons. The Hall–Kier alpha value is -3.10. The van der Waals surface area contributed by atoms with Crippen molar-refractivity contribution >= 4 is 23.4 Å². The third-order valence-electron chi connectivity index (χ3n) is 6.89. The minimum Gasteiger partial charge on any atom is -0.399 e. The molecule has 1 fully saturated rings. The highest BCUT2D eigenvalue weighted by molar-refractivity contribution is 5.94. The molecule has 32 heavy (non-hydrogen) atoms. The van der Waals surface area contributed by atoms with Gasteiger partial charge in [-0.15, -0.1) is 0 Å². The summed E-state index contributed by atoms with van der Waals surface area (Å²) in [6.07, 6.45) is 10.5. The Balaban J connectivity index is 1.26. The molecule has 2 heteroatoms. The Kier molecular flexibility index (Phi) is 6.22. The van der Waals surface area contributed by atoms with Crippen molar-refractivity contribution in [3.8, 4) is 0 Å². The van der Waals surface area contributed by atoms with Gasteiger partial charge >= 0.3 is 0 Å². The Morgan fingerprint density at radius 2 is 1.28 bits per heavy atom. The van der Waals surface area contributed by atoms with Crippen molar-refractivity contribution in [2.75, 3.05) is 25.4 Å². The highest BCUT2D eigenvalue weighted by Crippen LogP contribution is 2.38. The Bertz CT molecular complexity index is 1080. The molecule has 3 aromatic rings. The second-order valence-electron chi connectivity index (χ2n) is 9.03. The van der Waals surface area contributed by atoms with E-state index in [9.17, 15) is 0 Å². The van der Waals surface area contributed by atoms with Crippen molar-refractivity contribution in [2.24, 2.45) is 0 Å². The lowest BCUT2D eigenvalue weighted by Crippen LogP contribution is -2.32. The summed E-state index contributed by atoms with van der Waals surface area (Å²) in [5.41, 5.74) is 16.6. The second-order valence-corrected chi connectivity index (χ2v) is 9.03. The van der Waals surface area contributed by atoms with Gasteiger partial charge in [0.25, 0.3) is 0 Å². The van der Waals surface area contributed by atoms with Gasteiger partial charge in [0.15, 0.2) is 0 Å². The molecular weight excluding hydrogens is 388 g/mol. The summed E-state index contributed by atoms with van der Waals surface area (Å²) in [4.78, 5) is 2.65. The molecule has 0 radical (unpaired) electrons. The number of nitrogens with two attached hydrogens (primary N) is 1. The first-order chi connectivity index (χ1) is 15.8. The summed E-state index contributed by atoms with van der Waals surface area (Å²) >= 11 is 0. The maximum absolute atomic E-state index is 5.79. The topological polar surface area (TPSA) is 29.3 Å². The first-order valence-electron chi connectivity index (χ1n) is 11.9. The quantitative estimate of drug-likeness (QED) is 0.288. The molecular formula is C30H32N2. The number of likely N-dealkylation sites (tertiary alicyclic amines) is 1. The van der Waals surface area contributed by atoms with E-state index in [2.05, 4.69) is 77.7 Å². The van der Waals surface area contributed by atoms with Crippen LogP contribution < -0.4 is 5.73 Å². The van der Waals surface area contributed by atoms with Crippen LogP contribution in [0.5, 0.6) is 0 Å². The van der Waals surface area contributed by atoms with Crippen molar-refractivity contribution in [3.63, 3.8) is 0 Å². The highest BCUT2D eigenvalue weighted by atomic mass is 15.1. The predicted octanol–water partition coefficient (Wildman–Crippen LogP) is 6.67. The number of piperidine rings is 1. The van der Waals surface area contributed by atoms with Gasteiger partial charge in [-0.1, -0.05) is 78.4 Å². The number of benzene rings is 3. The average Bonchev–Trinajstić information content (AvgIpc) is 3.00. The fraction of sp³-hybridized carbons (Fsp3) is 0.267. The molecule has 1 aliphatic heterocycles. The van der Waals surface area contributed by atoms with Crippen LogP contribution in [0.3, 0.4) is 0 Å². The molecule has 0 unspecified atom stereocenters. The molecule has 1 saturated heterocycles. The molecule has 0 amide bonds. The Morgan fingerprint density at radius 3 is 1.91 bits per heavy atom. The third kappa shape index (κ3) is 4.56. The highest BCUT2D eigenvalue weighted by Gasteiger charge is 2.22. The van der Waals surface area contributed by atoms with Crippen molar-refractivity contribution < 1.29 is 0 Å². The van der Waals surface area contributed by atoms with Gasteiger partial charge < -0.3 is 10.6 Å². The number of hydrogen-bond donors (Lipinski definition) is 1. The second kappa shape index (κ2) is 9.58. The number of unbranched alkanes of at least 4 members (excludes halogenated alkanes) is 1. The summed E-state index contributed by atoms with van der Waals surface area (Å²) in [6.45, 7) is 3.53. The Labute approximate surface area is 192 Å². The predicted molar refractivity (Wildman–Crippen MR) is 137 cm³/mol. The lowest BCUT2D eigenvalue weighted by molar-refractivity contribution is 0.252. The molecule has 0 atom stereocenters. The number of anilines is 1. The van der Waals surface area contributed by atoms with Crippen LogP contribution in [-0.4, -0.2) is 24.5 Å². The van der Waals surface area contributed by atoms with Gasteiger partial charge in [-0.3, -0.25) is 0 Å². The fourth-order valence-corrected chi connectivity index (χ4v) is 5.09. The zero-order valence-electron chi connectivity index (χ0n) is 18.8. The molecule has 2 N–H and O–H groups in total. The standard InChI is InChI=1S/C30H32N2/c31-27-16-12-23(13-17-27)7-5-6-20-32-21-18-26(19-22-32)30-28-10-3-1-8-24(28)14-15-25-9-2-4-11-29(25)30/h1-4,8-17H,5-7,18-22,31H2. The smallest absolute Gasteiger partial charge is 0.0314 e. The van der Waals surface area contributed by atoms with Crippen molar-refractivity contribution in [1.29, 1.82) is 0 Å². The number of fused-ring (bicyclic) bond motifs is 2. The number of nitrogens with zero attached hydrogens (tertiary/aromatic N) is 1. The molecule has 1 heterocycles. The van der Waals surface area contributed by atoms with Gasteiger partial charge in [-0.05, 0) is 84.2 Å². The number of hydrogen-bond acceptors (Lipinski definition) is 2. The van der Waals surface area contributed by atoms with Crippen LogP contribution in [-0.2, 0) is 6.42 Å². The maximum atomic E-state index is 5.79. The fourth-order valence-electron chi connectivity index (χ4n) is 5.09. The van der Waals surface area contributed by atoms with Crippen LogP contribution in [0.4, 0.5) is 5.69 Å². The summed E-state index contributed by atoms with van der Waals surface area (Å²) in [5, 5.41) is 0. The zero-order valence-corrected chi connectivity index (χ0v) is 18.8.